The number of benzene rings is 1. The fourth-order valence-corrected chi connectivity index (χ4v) is 1.85. The van der Waals surface area contributed by atoms with E-state index in [2.05, 4.69) is 0 Å². The van der Waals surface area contributed by atoms with E-state index in [-0.39, 0.29) is 12.1 Å². The highest BCUT2D eigenvalue weighted by molar-refractivity contribution is 5.73. The summed E-state index contributed by atoms with van der Waals surface area (Å²) in [6, 6.07) is 9.87. The Morgan fingerprint density at radius 1 is 1.40 bits per heavy atom. The molecule has 1 aromatic rings. The number of amides is 1. The van der Waals surface area contributed by atoms with E-state index < -0.39 is 0 Å². The minimum atomic E-state index is -0.197. The molecule has 0 aliphatic carbocycles. The lowest BCUT2D eigenvalue weighted by Gasteiger charge is -2.35. The summed E-state index contributed by atoms with van der Waals surface area (Å²) in [7, 11) is 0. The highest BCUT2D eigenvalue weighted by Gasteiger charge is 2.26. The van der Waals surface area contributed by atoms with Gasteiger partial charge in [0, 0.05) is 19.0 Å². The Balaban J connectivity index is 2.22. The summed E-state index contributed by atoms with van der Waals surface area (Å²) in [5.41, 5.74) is 1.05. The van der Waals surface area contributed by atoms with Gasteiger partial charge in [-0.1, -0.05) is 30.3 Å². The summed E-state index contributed by atoms with van der Waals surface area (Å²) in [5.74, 6) is 0.0727. The summed E-state index contributed by atoms with van der Waals surface area (Å²) in [6.07, 6.45) is 0.723. The molecule has 0 aromatic heterocycles. The van der Waals surface area contributed by atoms with E-state index in [0.717, 1.165) is 25.1 Å². The van der Waals surface area contributed by atoms with Gasteiger partial charge in [-0.25, -0.2) is 0 Å². The molecule has 2 rings (SSSR count). The van der Waals surface area contributed by atoms with Gasteiger partial charge in [0.2, 0.25) is 5.91 Å². The minimum Gasteiger partial charge on any atom is -0.354 e. The Hall–Kier alpha value is -1.35. The Labute approximate surface area is 89.7 Å². The molecule has 1 heterocycles. The molecule has 1 aliphatic rings. The molecule has 3 nitrogen and oxygen atoms in total. The third-order valence-corrected chi connectivity index (χ3v) is 2.59. The van der Waals surface area contributed by atoms with Gasteiger partial charge >= 0.3 is 0 Å². The van der Waals surface area contributed by atoms with Gasteiger partial charge in [0.1, 0.15) is 0 Å². The Morgan fingerprint density at radius 3 is 2.80 bits per heavy atom. The molecule has 1 aromatic carbocycles. The second-order valence-electron chi connectivity index (χ2n) is 3.70. The highest BCUT2D eigenvalue weighted by Crippen LogP contribution is 2.25. The number of carbonyl (C=O) groups is 1. The van der Waals surface area contributed by atoms with Crippen LogP contribution < -0.4 is 0 Å². The monoisotopic (exact) mass is 205 g/mol. The van der Waals surface area contributed by atoms with Crippen molar-refractivity contribution >= 4 is 5.91 Å². The third-order valence-electron chi connectivity index (χ3n) is 2.59. The van der Waals surface area contributed by atoms with Gasteiger partial charge in [0.25, 0.3) is 0 Å². The van der Waals surface area contributed by atoms with Gasteiger partial charge < -0.3 is 9.64 Å². The van der Waals surface area contributed by atoms with Crippen molar-refractivity contribution in [1.82, 2.24) is 4.90 Å². The molecule has 1 unspecified atom stereocenters. The quantitative estimate of drug-likeness (QED) is 0.701. The van der Waals surface area contributed by atoms with Crippen molar-refractivity contribution in [2.75, 3.05) is 13.2 Å². The second-order valence-corrected chi connectivity index (χ2v) is 3.70. The molecule has 0 spiro atoms. The third kappa shape index (κ3) is 2.18. The van der Waals surface area contributed by atoms with Crippen LogP contribution in [0.25, 0.3) is 0 Å². The largest absolute Gasteiger partial charge is 0.354 e. The number of hydrogen-bond acceptors (Lipinski definition) is 2. The lowest BCUT2D eigenvalue weighted by Crippen LogP contribution is -2.39. The number of hydrogen-bond donors (Lipinski definition) is 0. The van der Waals surface area contributed by atoms with Crippen molar-refractivity contribution in [3.8, 4) is 0 Å². The summed E-state index contributed by atoms with van der Waals surface area (Å²) < 4.78 is 5.64. The van der Waals surface area contributed by atoms with Crippen LogP contribution in [0, 0.1) is 0 Å². The zero-order valence-corrected chi connectivity index (χ0v) is 8.85. The van der Waals surface area contributed by atoms with E-state index in [1.54, 1.807) is 11.8 Å². The molecule has 1 fully saturated rings. The maximum Gasteiger partial charge on any atom is 0.221 e. The van der Waals surface area contributed by atoms with Gasteiger partial charge in [-0.3, -0.25) is 4.79 Å². The first kappa shape index (κ1) is 10.2. The van der Waals surface area contributed by atoms with Crippen LogP contribution in [-0.2, 0) is 9.53 Å². The molecule has 0 saturated carbocycles. The van der Waals surface area contributed by atoms with E-state index >= 15 is 0 Å². The van der Waals surface area contributed by atoms with E-state index in [4.69, 9.17) is 4.74 Å². The minimum absolute atomic E-state index is 0.0727. The van der Waals surface area contributed by atoms with Crippen molar-refractivity contribution in [1.29, 1.82) is 0 Å². The Bertz CT molecular complexity index is 337. The summed E-state index contributed by atoms with van der Waals surface area (Å²) in [4.78, 5) is 13.2. The van der Waals surface area contributed by atoms with Crippen LogP contribution in [-0.4, -0.2) is 24.0 Å². The molecular formula is C12H15NO2. The second kappa shape index (κ2) is 4.45. The number of nitrogens with zero attached hydrogens (tertiary/aromatic N) is 1. The molecule has 80 valence electrons. The van der Waals surface area contributed by atoms with Crippen molar-refractivity contribution in [3.05, 3.63) is 35.9 Å². The van der Waals surface area contributed by atoms with Gasteiger partial charge in [-0.2, -0.15) is 0 Å². The van der Waals surface area contributed by atoms with Crippen LogP contribution in [0.3, 0.4) is 0 Å². The van der Waals surface area contributed by atoms with Crippen molar-refractivity contribution in [2.24, 2.45) is 0 Å². The van der Waals surface area contributed by atoms with E-state index in [1.165, 1.54) is 0 Å². The van der Waals surface area contributed by atoms with Crippen LogP contribution in [0.2, 0.25) is 0 Å². The molecular weight excluding hydrogens is 190 g/mol. The number of carbonyl (C=O) groups excluding carboxylic acids is 1. The van der Waals surface area contributed by atoms with Gasteiger partial charge in [0.15, 0.2) is 6.23 Å². The van der Waals surface area contributed by atoms with Gasteiger partial charge in [0.05, 0.1) is 6.61 Å². The average molecular weight is 205 g/mol. The first-order chi connectivity index (χ1) is 7.29. The molecule has 0 N–H and O–H groups in total. The van der Waals surface area contributed by atoms with E-state index in [0.29, 0.717) is 0 Å². The summed E-state index contributed by atoms with van der Waals surface area (Å²) in [6.45, 7) is 3.10. The highest BCUT2D eigenvalue weighted by atomic mass is 16.5. The van der Waals surface area contributed by atoms with Crippen LogP contribution >= 0.6 is 0 Å². The fourth-order valence-electron chi connectivity index (χ4n) is 1.85. The topological polar surface area (TPSA) is 29.5 Å². The predicted molar refractivity (Wildman–Crippen MR) is 57.1 cm³/mol. The predicted octanol–water partition coefficient (Wildman–Crippen LogP) is 1.95. The summed E-state index contributed by atoms with van der Waals surface area (Å²) in [5, 5.41) is 0. The molecule has 3 heteroatoms. The normalized spacial score (nSPS) is 21.4. The van der Waals surface area contributed by atoms with Crippen LogP contribution in [0.4, 0.5) is 0 Å². The Morgan fingerprint density at radius 2 is 2.13 bits per heavy atom. The standard InChI is InChI=1S/C12H15NO2/c1-10(14)13-8-5-9-15-12(13)11-6-3-2-4-7-11/h2-4,6-7,12H,5,8-9H2,1H3. The molecule has 0 bridgehead atoms. The fraction of sp³-hybridized carbons (Fsp3) is 0.417. The SMILES string of the molecule is CC(=O)N1CCCOC1c1ccccc1. The zero-order chi connectivity index (χ0) is 10.7. The molecule has 1 saturated heterocycles. The van der Waals surface area contributed by atoms with Gasteiger partial charge in [-0.15, -0.1) is 0 Å². The molecule has 1 atom stereocenters. The number of ether oxygens (including phenoxy) is 1. The lowest BCUT2D eigenvalue weighted by atomic mass is 10.1. The number of rotatable bonds is 1. The maximum absolute atomic E-state index is 11.4. The lowest BCUT2D eigenvalue weighted by molar-refractivity contribution is -0.153. The van der Waals surface area contributed by atoms with E-state index in [9.17, 15) is 4.79 Å². The van der Waals surface area contributed by atoms with Crippen LogP contribution in [0.15, 0.2) is 30.3 Å². The molecule has 15 heavy (non-hydrogen) atoms. The smallest absolute Gasteiger partial charge is 0.221 e. The van der Waals surface area contributed by atoms with Crippen molar-refractivity contribution < 1.29 is 9.53 Å². The first-order valence-electron chi connectivity index (χ1n) is 5.23. The molecule has 1 amide bonds. The van der Waals surface area contributed by atoms with Gasteiger partial charge in [-0.05, 0) is 6.42 Å². The first-order valence-corrected chi connectivity index (χ1v) is 5.23. The Kier molecular flexibility index (Phi) is 3.02. The van der Waals surface area contributed by atoms with E-state index in [1.807, 2.05) is 30.3 Å². The average Bonchev–Trinajstić information content (AvgIpc) is 2.30. The molecule has 1 aliphatic heterocycles. The van der Waals surface area contributed by atoms with Crippen molar-refractivity contribution in [3.63, 3.8) is 0 Å². The zero-order valence-electron chi connectivity index (χ0n) is 8.85. The maximum atomic E-state index is 11.4. The van der Waals surface area contributed by atoms with Crippen molar-refractivity contribution in [2.45, 2.75) is 19.6 Å². The van der Waals surface area contributed by atoms with Crippen LogP contribution in [0.1, 0.15) is 25.1 Å². The molecule has 0 radical (unpaired) electrons. The van der Waals surface area contributed by atoms with Crippen LogP contribution in [0.5, 0.6) is 0 Å². The summed E-state index contributed by atoms with van der Waals surface area (Å²) >= 11 is 0.